The Morgan fingerprint density at radius 1 is 1.36 bits per heavy atom. The van der Waals surface area contributed by atoms with Crippen LogP contribution in [0.3, 0.4) is 0 Å². The van der Waals surface area contributed by atoms with Gasteiger partial charge in [0.15, 0.2) is 0 Å². The van der Waals surface area contributed by atoms with Gasteiger partial charge < -0.3 is 4.42 Å². The molecule has 0 atom stereocenters. The zero-order valence-electron chi connectivity index (χ0n) is 6.99. The molecule has 0 unspecified atom stereocenters. The molecule has 0 bridgehead atoms. The van der Waals surface area contributed by atoms with E-state index in [1.165, 1.54) is 6.26 Å². The summed E-state index contributed by atoms with van der Waals surface area (Å²) in [5.41, 5.74) is 0.585. The molecule has 0 aliphatic heterocycles. The molecule has 0 aliphatic rings. The standard InChI is InChI=1S/C10H5ClO2S/c11-10(14)7-5-13-8-4-2-1-3-6(8)9(7)12/h1-5H. The number of halogens is 1. The summed E-state index contributed by atoms with van der Waals surface area (Å²) in [7, 11) is 0. The maximum Gasteiger partial charge on any atom is 0.202 e. The molecular formula is C10H5ClO2S. The molecule has 4 heteroatoms. The molecular weight excluding hydrogens is 220 g/mol. The molecule has 0 radical (unpaired) electrons. The minimum atomic E-state index is -0.188. The number of rotatable bonds is 1. The molecule has 1 heterocycles. The molecule has 70 valence electrons. The van der Waals surface area contributed by atoms with E-state index in [1.807, 2.05) is 0 Å². The van der Waals surface area contributed by atoms with Crippen molar-refractivity contribution in [3.63, 3.8) is 0 Å². The van der Waals surface area contributed by atoms with E-state index in [4.69, 9.17) is 28.2 Å². The molecule has 0 N–H and O–H groups in total. The molecule has 2 nitrogen and oxygen atoms in total. The lowest BCUT2D eigenvalue weighted by molar-refractivity contribution is 0.601. The number of hydrogen-bond acceptors (Lipinski definition) is 3. The SMILES string of the molecule is O=c1c(C(=S)Cl)coc2ccccc12. The van der Waals surface area contributed by atoms with E-state index in [0.29, 0.717) is 11.0 Å². The first-order valence-electron chi connectivity index (χ1n) is 3.90. The second-order valence-electron chi connectivity index (χ2n) is 2.75. The Bertz CT molecular complexity index is 559. The Morgan fingerprint density at radius 2 is 2.07 bits per heavy atom. The van der Waals surface area contributed by atoms with E-state index >= 15 is 0 Å². The average Bonchev–Trinajstić information content (AvgIpc) is 2.18. The number of thiocarbonyl (C=S) groups is 1. The lowest BCUT2D eigenvalue weighted by Gasteiger charge is -1.97. The van der Waals surface area contributed by atoms with Crippen molar-refractivity contribution in [3.8, 4) is 0 Å². The van der Waals surface area contributed by atoms with Crippen LogP contribution in [0.1, 0.15) is 5.56 Å². The summed E-state index contributed by atoms with van der Waals surface area (Å²) in [6.07, 6.45) is 1.29. The zero-order chi connectivity index (χ0) is 10.1. The molecule has 0 fully saturated rings. The first-order valence-corrected chi connectivity index (χ1v) is 4.69. The molecule has 0 amide bonds. The van der Waals surface area contributed by atoms with E-state index in [-0.39, 0.29) is 15.3 Å². The smallest absolute Gasteiger partial charge is 0.202 e. The lowest BCUT2D eigenvalue weighted by atomic mass is 10.2. The van der Waals surface area contributed by atoms with Gasteiger partial charge in [-0.05, 0) is 12.1 Å². The van der Waals surface area contributed by atoms with Crippen LogP contribution in [0.5, 0.6) is 0 Å². The van der Waals surface area contributed by atoms with Gasteiger partial charge in [0.05, 0.1) is 10.9 Å². The zero-order valence-corrected chi connectivity index (χ0v) is 8.56. The second-order valence-corrected chi connectivity index (χ2v) is 3.76. The van der Waals surface area contributed by atoms with Gasteiger partial charge in [-0.25, -0.2) is 0 Å². The van der Waals surface area contributed by atoms with Crippen LogP contribution in [0, 0.1) is 0 Å². The summed E-state index contributed by atoms with van der Waals surface area (Å²) in [6, 6.07) is 6.96. The van der Waals surface area contributed by atoms with Gasteiger partial charge in [0, 0.05) is 0 Å². The topological polar surface area (TPSA) is 30.2 Å². The minimum absolute atomic E-state index is 0.0319. The summed E-state index contributed by atoms with van der Waals surface area (Å²) in [4.78, 5) is 11.7. The fourth-order valence-corrected chi connectivity index (χ4v) is 1.48. The van der Waals surface area contributed by atoms with Gasteiger partial charge in [-0.2, -0.15) is 0 Å². The van der Waals surface area contributed by atoms with E-state index in [1.54, 1.807) is 24.3 Å². The summed E-state index contributed by atoms with van der Waals surface area (Å²) in [5.74, 6) is 0. The minimum Gasteiger partial charge on any atom is -0.463 e. The fraction of sp³-hybridized carbons (Fsp3) is 0. The van der Waals surface area contributed by atoms with Crippen molar-refractivity contribution < 1.29 is 4.42 Å². The van der Waals surface area contributed by atoms with Crippen LogP contribution in [0.25, 0.3) is 11.0 Å². The first kappa shape index (κ1) is 9.37. The van der Waals surface area contributed by atoms with Crippen molar-refractivity contribution in [2.45, 2.75) is 0 Å². The van der Waals surface area contributed by atoms with Gasteiger partial charge in [0.1, 0.15) is 16.2 Å². The number of fused-ring (bicyclic) bond motifs is 1. The summed E-state index contributed by atoms with van der Waals surface area (Å²) < 4.78 is 5.24. The predicted molar refractivity (Wildman–Crippen MR) is 60.0 cm³/mol. The van der Waals surface area contributed by atoms with E-state index in [2.05, 4.69) is 0 Å². The van der Waals surface area contributed by atoms with E-state index < -0.39 is 0 Å². The normalized spacial score (nSPS) is 10.4. The van der Waals surface area contributed by atoms with Crippen LogP contribution in [-0.4, -0.2) is 4.32 Å². The number of hydrogen-bond donors (Lipinski definition) is 0. The van der Waals surface area contributed by atoms with Crippen molar-refractivity contribution in [2.24, 2.45) is 0 Å². The Hall–Kier alpha value is -1.19. The van der Waals surface area contributed by atoms with Crippen LogP contribution < -0.4 is 5.43 Å². The predicted octanol–water partition coefficient (Wildman–Crippen LogP) is 2.71. The van der Waals surface area contributed by atoms with Gasteiger partial charge in [-0.3, -0.25) is 4.79 Å². The largest absolute Gasteiger partial charge is 0.463 e. The van der Waals surface area contributed by atoms with Crippen LogP contribution in [0.15, 0.2) is 39.7 Å². The Balaban J connectivity index is 2.89. The van der Waals surface area contributed by atoms with Crippen molar-refractivity contribution in [3.05, 3.63) is 46.3 Å². The van der Waals surface area contributed by atoms with Gasteiger partial charge in [-0.1, -0.05) is 36.0 Å². The highest BCUT2D eigenvalue weighted by molar-refractivity contribution is 7.83. The molecule has 2 rings (SSSR count). The molecule has 14 heavy (non-hydrogen) atoms. The van der Waals surface area contributed by atoms with Gasteiger partial charge >= 0.3 is 0 Å². The van der Waals surface area contributed by atoms with Crippen molar-refractivity contribution in [2.75, 3.05) is 0 Å². The lowest BCUT2D eigenvalue weighted by Crippen LogP contribution is -2.10. The summed E-state index contributed by atoms with van der Waals surface area (Å²) in [5, 5.41) is 0.494. The van der Waals surface area contributed by atoms with Gasteiger partial charge in [-0.15, -0.1) is 0 Å². The number of para-hydroxylation sites is 1. The molecule has 0 spiro atoms. The molecule has 1 aromatic carbocycles. The molecule has 0 saturated carbocycles. The maximum atomic E-state index is 11.7. The van der Waals surface area contributed by atoms with Crippen molar-refractivity contribution >= 4 is 39.1 Å². The monoisotopic (exact) mass is 224 g/mol. The van der Waals surface area contributed by atoms with Crippen LogP contribution in [0.2, 0.25) is 0 Å². The second kappa shape index (κ2) is 3.52. The maximum absolute atomic E-state index is 11.7. The van der Waals surface area contributed by atoms with Crippen molar-refractivity contribution in [1.82, 2.24) is 0 Å². The molecule has 1 aromatic heterocycles. The Morgan fingerprint density at radius 3 is 2.79 bits per heavy atom. The van der Waals surface area contributed by atoms with Crippen LogP contribution in [0.4, 0.5) is 0 Å². The van der Waals surface area contributed by atoms with Crippen molar-refractivity contribution in [1.29, 1.82) is 0 Å². The van der Waals surface area contributed by atoms with Gasteiger partial charge in [0.2, 0.25) is 5.43 Å². The van der Waals surface area contributed by atoms with Crippen LogP contribution in [-0.2, 0) is 0 Å². The third-order valence-corrected chi connectivity index (χ3v) is 2.32. The highest BCUT2D eigenvalue weighted by Crippen LogP contribution is 2.11. The first-order chi connectivity index (χ1) is 6.70. The van der Waals surface area contributed by atoms with Gasteiger partial charge in [0.25, 0.3) is 0 Å². The quantitative estimate of drug-likeness (QED) is 0.551. The molecule has 0 saturated heterocycles. The Kier molecular flexibility index (Phi) is 2.35. The summed E-state index contributed by atoms with van der Waals surface area (Å²) >= 11 is 10.3. The number of benzene rings is 1. The summed E-state index contributed by atoms with van der Waals surface area (Å²) in [6.45, 7) is 0. The fourth-order valence-electron chi connectivity index (χ4n) is 1.21. The Labute approximate surface area is 90.1 Å². The van der Waals surface area contributed by atoms with Crippen LogP contribution >= 0.6 is 23.8 Å². The third kappa shape index (κ3) is 1.45. The van der Waals surface area contributed by atoms with E-state index in [0.717, 1.165) is 0 Å². The third-order valence-electron chi connectivity index (χ3n) is 1.89. The molecule has 2 aromatic rings. The highest BCUT2D eigenvalue weighted by Gasteiger charge is 2.08. The average molecular weight is 225 g/mol. The molecule has 0 aliphatic carbocycles. The van der Waals surface area contributed by atoms with E-state index in [9.17, 15) is 4.79 Å². The highest BCUT2D eigenvalue weighted by atomic mass is 35.5.